The summed E-state index contributed by atoms with van der Waals surface area (Å²) in [5.41, 5.74) is 1.41. The Kier molecular flexibility index (Phi) is 3.13. The highest BCUT2D eigenvalue weighted by atomic mass is 16.3. The number of rotatable bonds is 1. The van der Waals surface area contributed by atoms with Crippen molar-refractivity contribution in [2.75, 3.05) is 0 Å². The molecule has 1 saturated carbocycles. The smallest absolute Gasteiger partial charge is 0.0540 e. The van der Waals surface area contributed by atoms with Gasteiger partial charge in [0.05, 0.1) is 6.10 Å². The van der Waals surface area contributed by atoms with E-state index in [0.717, 1.165) is 18.8 Å². The zero-order chi connectivity index (χ0) is 8.27. The van der Waals surface area contributed by atoms with Gasteiger partial charge in [0.25, 0.3) is 0 Å². The zero-order valence-electron chi connectivity index (χ0n) is 7.51. The molecule has 11 heavy (non-hydrogen) atoms. The Morgan fingerprint density at radius 3 is 2.18 bits per heavy atom. The van der Waals surface area contributed by atoms with Gasteiger partial charge in [-0.15, -0.1) is 0 Å². The molecule has 0 aliphatic heterocycles. The predicted molar refractivity (Wildman–Crippen MR) is 47.4 cm³/mol. The molecule has 1 rings (SSSR count). The van der Waals surface area contributed by atoms with Crippen molar-refractivity contribution >= 4 is 0 Å². The topological polar surface area (TPSA) is 20.2 Å². The van der Waals surface area contributed by atoms with Crippen molar-refractivity contribution < 1.29 is 5.11 Å². The zero-order valence-corrected chi connectivity index (χ0v) is 7.51. The summed E-state index contributed by atoms with van der Waals surface area (Å²) in [6.07, 6.45) is 6.66. The highest BCUT2D eigenvalue weighted by Crippen LogP contribution is 2.25. The minimum atomic E-state index is -0.0168. The van der Waals surface area contributed by atoms with Crippen molar-refractivity contribution in [2.24, 2.45) is 5.92 Å². The molecule has 1 aliphatic carbocycles. The third kappa shape index (κ3) is 3.06. The highest BCUT2D eigenvalue weighted by molar-refractivity contribution is 4.98. The van der Waals surface area contributed by atoms with Crippen molar-refractivity contribution in [3.05, 3.63) is 11.6 Å². The fourth-order valence-corrected chi connectivity index (χ4v) is 1.74. The van der Waals surface area contributed by atoms with E-state index in [1.165, 1.54) is 18.4 Å². The number of aliphatic hydroxyl groups is 1. The Morgan fingerprint density at radius 1 is 1.18 bits per heavy atom. The first-order chi connectivity index (χ1) is 5.18. The minimum absolute atomic E-state index is 0.0168. The van der Waals surface area contributed by atoms with E-state index in [0.29, 0.717) is 0 Å². The third-order valence-electron chi connectivity index (χ3n) is 2.31. The molecule has 1 heteroatoms. The average Bonchev–Trinajstić information content (AvgIpc) is 1.93. The fraction of sp³-hybridized carbons (Fsp3) is 0.800. The molecular formula is C10H18O. The van der Waals surface area contributed by atoms with Crippen LogP contribution in [0.15, 0.2) is 11.6 Å². The number of aliphatic hydroxyl groups excluding tert-OH is 1. The van der Waals surface area contributed by atoms with E-state index in [1.54, 1.807) is 0 Å². The third-order valence-corrected chi connectivity index (χ3v) is 2.31. The maximum Gasteiger partial charge on any atom is 0.0540 e. The first kappa shape index (κ1) is 8.79. The lowest BCUT2D eigenvalue weighted by Crippen LogP contribution is -2.16. The van der Waals surface area contributed by atoms with E-state index < -0.39 is 0 Å². The lowest BCUT2D eigenvalue weighted by Gasteiger charge is -2.23. The monoisotopic (exact) mass is 154 g/mol. The molecule has 0 aromatic rings. The van der Waals surface area contributed by atoms with Crippen LogP contribution in [0.4, 0.5) is 0 Å². The van der Waals surface area contributed by atoms with Gasteiger partial charge in [-0.1, -0.05) is 11.6 Å². The maximum atomic E-state index is 9.24. The van der Waals surface area contributed by atoms with Gasteiger partial charge in [0.15, 0.2) is 0 Å². The molecule has 64 valence electrons. The van der Waals surface area contributed by atoms with Crippen LogP contribution in [0.3, 0.4) is 0 Å². The second-order valence-electron chi connectivity index (χ2n) is 3.81. The van der Waals surface area contributed by atoms with Crippen LogP contribution < -0.4 is 0 Å². The minimum Gasteiger partial charge on any atom is -0.393 e. The lowest BCUT2D eigenvalue weighted by molar-refractivity contribution is 0.118. The summed E-state index contributed by atoms with van der Waals surface area (Å²) < 4.78 is 0. The average molecular weight is 154 g/mol. The van der Waals surface area contributed by atoms with Gasteiger partial charge in [-0.3, -0.25) is 0 Å². The Balaban J connectivity index is 2.34. The van der Waals surface area contributed by atoms with Crippen molar-refractivity contribution in [3.8, 4) is 0 Å². The first-order valence-corrected chi connectivity index (χ1v) is 4.51. The molecule has 0 spiro atoms. The van der Waals surface area contributed by atoms with Crippen LogP contribution in [0.25, 0.3) is 0 Å². The van der Waals surface area contributed by atoms with E-state index >= 15 is 0 Å². The SMILES string of the molecule is CC(C)=CC1CCC(O)CC1. The van der Waals surface area contributed by atoms with Crippen molar-refractivity contribution in [1.82, 2.24) is 0 Å². The molecule has 0 unspecified atom stereocenters. The Labute approximate surface area is 69.1 Å². The maximum absolute atomic E-state index is 9.24. The number of allylic oxidation sites excluding steroid dienone is 2. The Bertz CT molecular complexity index is 137. The predicted octanol–water partition coefficient (Wildman–Crippen LogP) is 2.50. The second kappa shape index (κ2) is 3.91. The Morgan fingerprint density at radius 2 is 1.73 bits per heavy atom. The van der Waals surface area contributed by atoms with Gasteiger partial charge in [-0.25, -0.2) is 0 Å². The van der Waals surface area contributed by atoms with E-state index in [4.69, 9.17) is 0 Å². The fourth-order valence-electron chi connectivity index (χ4n) is 1.74. The molecule has 0 aromatic carbocycles. The first-order valence-electron chi connectivity index (χ1n) is 4.51. The van der Waals surface area contributed by atoms with Gasteiger partial charge in [0, 0.05) is 0 Å². The van der Waals surface area contributed by atoms with Crippen molar-refractivity contribution in [2.45, 2.75) is 45.6 Å². The summed E-state index contributed by atoms with van der Waals surface area (Å²) in [4.78, 5) is 0. The highest BCUT2D eigenvalue weighted by Gasteiger charge is 2.16. The Hall–Kier alpha value is -0.300. The van der Waals surface area contributed by atoms with Crippen LogP contribution in [0.1, 0.15) is 39.5 Å². The van der Waals surface area contributed by atoms with E-state index in [-0.39, 0.29) is 6.10 Å². The van der Waals surface area contributed by atoms with Gasteiger partial charge in [0.2, 0.25) is 0 Å². The van der Waals surface area contributed by atoms with Crippen LogP contribution in [0.2, 0.25) is 0 Å². The van der Waals surface area contributed by atoms with Crippen LogP contribution in [0, 0.1) is 5.92 Å². The van der Waals surface area contributed by atoms with Crippen molar-refractivity contribution in [1.29, 1.82) is 0 Å². The molecule has 0 bridgehead atoms. The molecule has 1 nitrogen and oxygen atoms in total. The summed E-state index contributed by atoms with van der Waals surface area (Å²) in [6.45, 7) is 4.29. The molecule has 0 radical (unpaired) electrons. The second-order valence-corrected chi connectivity index (χ2v) is 3.81. The number of hydrogen-bond donors (Lipinski definition) is 1. The molecule has 0 atom stereocenters. The van der Waals surface area contributed by atoms with Crippen LogP contribution in [-0.2, 0) is 0 Å². The van der Waals surface area contributed by atoms with Gasteiger partial charge in [-0.05, 0) is 45.4 Å². The van der Waals surface area contributed by atoms with E-state index in [2.05, 4.69) is 19.9 Å². The van der Waals surface area contributed by atoms with Gasteiger partial charge >= 0.3 is 0 Å². The summed E-state index contributed by atoms with van der Waals surface area (Å²) in [5, 5.41) is 9.24. The molecular weight excluding hydrogens is 136 g/mol. The molecule has 0 saturated heterocycles. The van der Waals surface area contributed by atoms with Crippen LogP contribution in [0.5, 0.6) is 0 Å². The van der Waals surface area contributed by atoms with E-state index in [9.17, 15) is 5.11 Å². The van der Waals surface area contributed by atoms with Gasteiger partial charge in [0.1, 0.15) is 0 Å². The standard InChI is InChI=1S/C10H18O/c1-8(2)7-9-3-5-10(11)6-4-9/h7,9-11H,3-6H2,1-2H3. The van der Waals surface area contributed by atoms with Crippen LogP contribution >= 0.6 is 0 Å². The van der Waals surface area contributed by atoms with Gasteiger partial charge in [-0.2, -0.15) is 0 Å². The molecule has 0 aromatic heterocycles. The summed E-state index contributed by atoms with van der Waals surface area (Å²) in [7, 11) is 0. The lowest BCUT2D eigenvalue weighted by atomic mass is 9.86. The van der Waals surface area contributed by atoms with Gasteiger partial charge < -0.3 is 5.11 Å². The van der Waals surface area contributed by atoms with Crippen molar-refractivity contribution in [3.63, 3.8) is 0 Å². The summed E-state index contributed by atoms with van der Waals surface area (Å²) in [5.74, 6) is 0.739. The summed E-state index contributed by atoms with van der Waals surface area (Å²) in [6, 6.07) is 0. The number of hydrogen-bond acceptors (Lipinski definition) is 1. The largest absolute Gasteiger partial charge is 0.393 e. The molecule has 0 heterocycles. The quantitative estimate of drug-likeness (QED) is 0.575. The molecule has 0 amide bonds. The molecule has 1 fully saturated rings. The normalized spacial score (nSPS) is 31.5. The van der Waals surface area contributed by atoms with Crippen LogP contribution in [-0.4, -0.2) is 11.2 Å². The molecule has 1 N–H and O–H groups in total. The van der Waals surface area contributed by atoms with E-state index in [1.807, 2.05) is 0 Å². The summed E-state index contributed by atoms with van der Waals surface area (Å²) >= 11 is 0. The molecule has 1 aliphatic rings.